The third kappa shape index (κ3) is 3.20. The Hall–Kier alpha value is -2.01. The second-order valence-electron chi connectivity index (χ2n) is 6.48. The summed E-state index contributed by atoms with van der Waals surface area (Å²) in [7, 11) is 1.96. The topological polar surface area (TPSA) is 65.1 Å². The van der Waals surface area contributed by atoms with Gasteiger partial charge in [0.15, 0.2) is 7.28 Å². The number of aliphatic hydroxyl groups is 1. The Balaban J connectivity index is 1.84. The SMILES string of the molecule is CC1=C(C(C)O)[B]c2c(NCC3=CC=CC(C)C3)cc(=O)[nH]c21. The zero-order chi connectivity index (χ0) is 16.6. The molecule has 3 rings (SSSR count). The van der Waals surface area contributed by atoms with Gasteiger partial charge in [0.25, 0.3) is 0 Å². The van der Waals surface area contributed by atoms with E-state index in [9.17, 15) is 9.90 Å². The molecule has 0 fully saturated rings. The molecule has 0 spiro atoms. The van der Waals surface area contributed by atoms with Gasteiger partial charge in [0.2, 0.25) is 5.56 Å². The van der Waals surface area contributed by atoms with Gasteiger partial charge in [0, 0.05) is 24.0 Å². The number of fused-ring (bicyclic) bond motifs is 1. The molecular formula is C18H22BN2O2. The quantitative estimate of drug-likeness (QED) is 0.743. The summed E-state index contributed by atoms with van der Waals surface area (Å²) in [5.74, 6) is 0.555. The average Bonchev–Trinajstić information content (AvgIpc) is 2.82. The maximum Gasteiger partial charge on any atom is 0.250 e. The molecule has 5 heteroatoms. The lowest BCUT2D eigenvalue weighted by atomic mass is 9.64. The number of aliphatic hydroxyl groups excluding tert-OH is 1. The summed E-state index contributed by atoms with van der Waals surface area (Å²) in [5.41, 5.74) is 5.58. The van der Waals surface area contributed by atoms with E-state index in [4.69, 9.17) is 0 Å². The first-order valence-electron chi connectivity index (χ1n) is 8.07. The van der Waals surface area contributed by atoms with Crippen LogP contribution in [0.5, 0.6) is 0 Å². The molecule has 4 nitrogen and oxygen atoms in total. The Kier molecular flexibility index (Phi) is 4.31. The van der Waals surface area contributed by atoms with Gasteiger partial charge in [-0.3, -0.25) is 4.79 Å². The molecule has 2 aliphatic rings. The van der Waals surface area contributed by atoms with Gasteiger partial charge in [-0.05, 0) is 37.2 Å². The highest BCUT2D eigenvalue weighted by Crippen LogP contribution is 2.25. The molecule has 119 valence electrons. The van der Waals surface area contributed by atoms with Crippen molar-refractivity contribution < 1.29 is 5.11 Å². The van der Waals surface area contributed by atoms with E-state index in [2.05, 4.69) is 35.5 Å². The Morgan fingerprint density at radius 3 is 3.00 bits per heavy atom. The van der Waals surface area contributed by atoms with Gasteiger partial charge in [0.1, 0.15) is 0 Å². The molecule has 1 aliphatic heterocycles. The third-order valence-corrected chi connectivity index (χ3v) is 4.50. The number of nitrogens with one attached hydrogen (secondary N) is 2. The number of pyridine rings is 1. The molecule has 0 saturated heterocycles. The molecule has 0 amide bonds. The van der Waals surface area contributed by atoms with Crippen LogP contribution < -0.4 is 16.3 Å². The summed E-state index contributed by atoms with van der Waals surface area (Å²) in [6.45, 7) is 6.60. The molecule has 2 unspecified atom stereocenters. The average molecular weight is 309 g/mol. The van der Waals surface area contributed by atoms with E-state index in [0.717, 1.165) is 40.9 Å². The molecule has 2 atom stereocenters. The molecule has 1 radical (unpaired) electrons. The largest absolute Gasteiger partial charge is 0.390 e. The molecule has 1 aliphatic carbocycles. The fourth-order valence-electron chi connectivity index (χ4n) is 3.27. The summed E-state index contributed by atoms with van der Waals surface area (Å²) < 4.78 is 0. The predicted molar refractivity (Wildman–Crippen MR) is 96.2 cm³/mol. The van der Waals surface area contributed by atoms with Crippen LogP contribution in [0.3, 0.4) is 0 Å². The summed E-state index contributed by atoms with van der Waals surface area (Å²) in [4.78, 5) is 14.8. The number of allylic oxidation sites excluding steroid dienone is 4. The van der Waals surface area contributed by atoms with Gasteiger partial charge in [-0.1, -0.05) is 36.2 Å². The summed E-state index contributed by atoms with van der Waals surface area (Å²) >= 11 is 0. The molecular weight excluding hydrogens is 287 g/mol. The van der Waals surface area contributed by atoms with Crippen molar-refractivity contribution in [2.45, 2.75) is 33.3 Å². The fraction of sp³-hybridized carbons (Fsp3) is 0.389. The van der Waals surface area contributed by atoms with E-state index >= 15 is 0 Å². The third-order valence-electron chi connectivity index (χ3n) is 4.50. The molecule has 2 heterocycles. The Bertz CT molecular complexity index is 772. The van der Waals surface area contributed by atoms with Gasteiger partial charge in [-0.25, -0.2) is 0 Å². The second-order valence-corrected chi connectivity index (χ2v) is 6.48. The number of H-pyrrole nitrogens is 1. The first kappa shape index (κ1) is 15.9. The van der Waals surface area contributed by atoms with Crippen LogP contribution in [0.4, 0.5) is 5.69 Å². The number of hydrogen-bond acceptors (Lipinski definition) is 3. The highest BCUT2D eigenvalue weighted by molar-refractivity contribution is 6.67. The van der Waals surface area contributed by atoms with Gasteiger partial charge in [0.05, 0.1) is 6.10 Å². The highest BCUT2D eigenvalue weighted by Gasteiger charge is 2.26. The van der Waals surface area contributed by atoms with E-state index in [1.165, 1.54) is 5.57 Å². The Morgan fingerprint density at radius 2 is 2.30 bits per heavy atom. The van der Waals surface area contributed by atoms with Gasteiger partial charge in [-0.15, -0.1) is 0 Å². The number of rotatable bonds is 4. The van der Waals surface area contributed by atoms with E-state index in [0.29, 0.717) is 5.92 Å². The lowest BCUT2D eigenvalue weighted by molar-refractivity contribution is 0.240. The van der Waals surface area contributed by atoms with Crippen molar-refractivity contribution in [3.63, 3.8) is 0 Å². The van der Waals surface area contributed by atoms with Crippen LogP contribution in [0, 0.1) is 5.92 Å². The fourth-order valence-corrected chi connectivity index (χ4v) is 3.27. The van der Waals surface area contributed by atoms with E-state index < -0.39 is 6.10 Å². The van der Waals surface area contributed by atoms with Crippen molar-refractivity contribution in [2.75, 3.05) is 11.9 Å². The standard InChI is InChI=1S/C18H22BN2O2/c1-10-5-4-6-13(7-10)9-20-14-8-15(23)21-18-11(2)16(12(3)22)19-17(14)18/h4-6,8,10,12,22H,7,9H2,1-3H3,(H2,20,21,23). The minimum atomic E-state index is -0.550. The smallest absolute Gasteiger partial charge is 0.250 e. The van der Waals surface area contributed by atoms with Crippen molar-refractivity contribution >= 4 is 24.0 Å². The zero-order valence-electron chi connectivity index (χ0n) is 13.8. The van der Waals surface area contributed by atoms with Crippen molar-refractivity contribution in [3.05, 3.63) is 51.4 Å². The van der Waals surface area contributed by atoms with E-state index in [-0.39, 0.29) is 5.56 Å². The monoisotopic (exact) mass is 309 g/mol. The maximum atomic E-state index is 12.0. The molecule has 1 aromatic heterocycles. The van der Waals surface area contributed by atoms with Gasteiger partial charge in [-0.2, -0.15) is 0 Å². The highest BCUT2D eigenvalue weighted by atomic mass is 16.3. The second kappa shape index (κ2) is 6.24. The van der Waals surface area contributed by atoms with Crippen LogP contribution in [0.1, 0.15) is 32.9 Å². The Labute approximate surface area is 137 Å². The van der Waals surface area contributed by atoms with Crippen LogP contribution >= 0.6 is 0 Å². The summed E-state index contributed by atoms with van der Waals surface area (Å²) in [6, 6.07) is 1.59. The van der Waals surface area contributed by atoms with Crippen molar-refractivity contribution in [2.24, 2.45) is 5.92 Å². The summed E-state index contributed by atoms with van der Waals surface area (Å²) in [5, 5.41) is 13.3. The zero-order valence-corrected chi connectivity index (χ0v) is 13.8. The maximum absolute atomic E-state index is 12.0. The number of aromatic nitrogens is 1. The number of anilines is 1. The normalized spacial score (nSPS) is 20.9. The van der Waals surface area contributed by atoms with Crippen molar-refractivity contribution in [3.8, 4) is 0 Å². The van der Waals surface area contributed by atoms with Crippen LogP contribution in [-0.2, 0) is 0 Å². The first-order valence-corrected chi connectivity index (χ1v) is 8.07. The molecule has 3 N–H and O–H groups in total. The number of hydrogen-bond donors (Lipinski definition) is 3. The predicted octanol–water partition coefficient (Wildman–Crippen LogP) is 1.76. The minimum absolute atomic E-state index is 0.128. The molecule has 0 bridgehead atoms. The first-order chi connectivity index (χ1) is 11.0. The van der Waals surface area contributed by atoms with E-state index in [1.807, 2.05) is 14.2 Å². The number of aromatic amines is 1. The lowest BCUT2D eigenvalue weighted by Crippen LogP contribution is -2.27. The lowest BCUT2D eigenvalue weighted by Gasteiger charge is -2.17. The molecule has 23 heavy (non-hydrogen) atoms. The molecule has 0 aromatic carbocycles. The van der Waals surface area contributed by atoms with Crippen molar-refractivity contribution in [1.82, 2.24) is 4.98 Å². The summed E-state index contributed by atoms with van der Waals surface area (Å²) in [6.07, 6.45) is 6.91. The van der Waals surface area contributed by atoms with Crippen LogP contribution in [-0.4, -0.2) is 30.0 Å². The van der Waals surface area contributed by atoms with Crippen LogP contribution in [0.2, 0.25) is 0 Å². The minimum Gasteiger partial charge on any atom is -0.390 e. The van der Waals surface area contributed by atoms with Gasteiger partial charge < -0.3 is 15.4 Å². The van der Waals surface area contributed by atoms with Crippen LogP contribution in [0.15, 0.2) is 40.1 Å². The van der Waals surface area contributed by atoms with Crippen LogP contribution in [0.25, 0.3) is 5.57 Å². The molecule has 0 saturated carbocycles. The van der Waals surface area contributed by atoms with E-state index in [1.54, 1.807) is 13.0 Å². The van der Waals surface area contributed by atoms with Crippen molar-refractivity contribution in [1.29, 1.82) is 0 Å². The Morgan fingerprint density at radius 1 is 1.52 bits per heavy atom. The van der Waals surface area contributed by atoms with Gasteiger partial charge >= 0.3 is 0 Å². The molecule has 1 aromatic rings.